The van der Waals surface area contributed by atoms with Gasteiger partial charge in [-0.25, -0.2) is 5.43 Å². The highest BCUT2D eigenvalue weighted by molar-refractivity contribution is 9.10. The van der Waals surface area contributed by atoms with Gasteiger partial charge in [0.05, 0.1) is 29.9 Å². The molecular weight excluding hydrogens is 445 g/mol. The topological polar surface area (TPSA) is 79.8 Å². The molecule has 9 heteroatoms. The Kier molecular flexibility index (Phi) is 7.44. The standard InChI is InChI=1S/C17H14BrCl2N3O3/c1-26-15-5-3-12(18)6-11(15)8-22-23-16(24)9-21-17(25)10-2-4-13(19)14(20)7-10/h2-8H,9H2,1H3,(H,21,25)(H,23,24)/b22-8-. The Morgan fingerprint density at radius 2 is 1.96 bits per heavy atom. The third-order valence-corrected chi connectivity index (χ3v) is 4.41. The van der Waals surface area contributed by atoms with Crippen LogP contribution in [0.2, 0.25) is 10.0 Å². The number of nitrogens with zero attached hydrogens (tertiary/aromatic N) is 1. The fourth-order valence-electron chi connectivity index (χ4n) is 1.92. The highest BCUT2D eigenvalue weighted by Gasteiger charge is 2.09. The SMILES string of the molecule is COc1ccc(Br)cc1/C=N\NC(=O)CNC(=O)c1ccc(Cl)c(Cl)c1. The smallest absolute Gasteiger partial charge is 0.259 e. The minimum Gasteiger partial charge on any atom is -0.496 e. The van der Waals surface area contributed by atoms with E-state index in [4.69, 9.17) is 27.9 Å². The summed E-state index contributed by atoms with van der Waals surface area (Å²) in [5.41, 5.74) is 3.31. The Hall–Kier alpha value is -2.09. The van der Waals surface area contributed by atoms with Crippen molar-refractivity contribution < 1.29 is 14.3 Å². The van der Waals surface area contributed by atoms with Gasteiger partial charge >= 0.3 is 0 Å². The monoisotopic (exact) mass is 457 g/mol. The number of ether oxygens (including phenoxy) is 1. The molecule has 0 saturated heterocycles. The molecule has 0 radical (unpaired) electrons. The summed E-state index contributed by atoms with van der Waals surface area (Å²) in [7, 11) is 1.54. The van der Waals surface area contributed by atoms with E-state index >= 15 is 0 Å². The van der Waals surface area contributed by atoms with Gasteiger partial charge in [-0.2, -0.15) is 5.10 Å². The summed E-state index contributed by atoms with van der Waals surface area (Å²) >= 11 is 15.0. The lowest BCUT2D eigenvalue weighted by atomic mass is 10.2. The van der Waals surface area contributed by atoms with Crippen LogP contribution in [0.5, 0.6) is 5.75 Å². The summed E-state index contributed by atoms with van der Waals surface area (Å²) in [6.07, 6.45) is 1.45. The molecule has 0 saturated carbocycles. The van der Waals surface area contributed by atoms with Crippen LogP contribution in [-0.4, -0.2) is 31.7 Å². The van der Waals surface area contributed by atoms with Crippen molar-refractivity contribution in [3.63, 3.8) is 0 Å². The minimum atomic E-state index is -0.483. The number of benzene rings is 2. The van der Waals surface area contributed by atoms with Crippen molar-refractivity contribution >= 4 is 57.2 Å². The van der Waals surface area contributed by atoms with E-state index in [0.717, 1.165) is 4.47 Å². The van der Waals surface area contributed by atoms with E-state index in [1.54, 1.807) is 12.1 Å². The maximum absolute atomic E-state index is 12.0. The van der Waals surface area contributed by atoms with E-state index in [2.05, 4.69) is 31.8 Å². The van der Waals surface area contributed by atoms with Crippen LogP contribution in [0.4, 0.5) is 0 Å². The Labute approximate surface area is 168 Å². The lowest BCUT2D eigenvalue weighted by Gasteiger charge is -2.06. The third-order valence-electron chi connectivity index (χ3n) is 3.18. The molecule has 0 aliphatic heterocycles. The van der Waals surface area contributed by atoms with Crippen molar-refractivity contribution in [2.24, 2.45) is 5.10 Å². The Morgan fingerprint density at radius 3 is 2.65 bits per heavy atom. The first-order valence-electron chi connectivity index (χ1n) is 7.29. The van der Waals surface area contributed by atoms with Gasteiger partial charge in [0.2, 0.25) is 0 Å². The molecule has 136 valence electrons. The van der Waals surface area contributed by atoms with E-state index < -0.39 is 11.8 Å². The van der Waals surface area contributed by atoms with E-state index in [-0.39, 0.29) is 11.6 Å². The third kappa shape index (κ3) is 5.72. The van der Waals surface area contributed by atoms with Crippen LogP contribution >= 0.6 is 39.1 Å². The molecule has 6 nitrogen and oxygen atoms in total. The summed E-state index contributed by atoms with van der Waals surface area (Å²) in [4.78, 5) is 23.8. The number of amides is 2. The van der Waals surface area contributed by atoms with Crippen LogP contribution in [0.25, 0.3) is 0 Å². The number of carbonyl (C=O) groups is 2. The van der Waals surface area contributed by atoms with Crippen molar-refractivity contribution in [2.75, 3.05) is 13.7 Å². The van der Waals surface area contributed by atoms with Crippen LogP contribution < -0.4 is 15.5 Å². The zero-order chi connectivity index (χ0) is 19.1. The van der Waals surface area contributed by atoms with Gasteiger partial charge < -0.3 is 10.1 Å². The second-order valence-electron chi connectivity index (χ2n) is 4.99. The largest absolute Gasteiger partial charge is 0.496 e. The fraction of sp³-hybridized carbons (Fsp3) is 0.118. The van der Waals surface area contributed by atoms with Gasteiger partial charge in [-0.3, -0.25) is 9.59 Å². The first-order chi connectivity index (χ1) is 12.4. The molecule has 2 amide bonds. The number of methoxy groups -OCH3 is 1. The molecule has 0 aliphatic rings. The van der Waals surface area contributed by atoms with E-state index in [1.165, 1.54) is 31.5 Å². The molecule has 2 N–H and O–H groups in total. The lowest BCUT2D eigenvalue weighted by molar-refractivity contribution is -0.120. The Morgan fingerprint density at radius 1 is 1.19 bits per heavy atom. The number of hydrogen-bond donors (Lipinski definition) is 2. The van der Waals surface area contributed by atoms with Gasteiger partial charge in [0.25, 0.3) is 11.8 Å². The highest BCUT2D eigenvalue weighted by Crippen LogP contribution is 2.22. The normalized spacial score (nSPS) is 10.6. The number of halogens is 3. The molecule has 0 aromatic heterocycles. The minimum absolute atomic E-state index is 0.244. The molecule has 0 bridgehead atoms. The summed E-state index contributed by atoms with van der Waals surface area (Å²) in [5, 5.41) is 6.93. The number of hydrogen-bond acceptors (Lipinski definition) is 4. The fourth-order valence-corrected chi connectivity index (χ4v) is 2.60. The van der Waals surface area contributed by atoms with Gasteiger partial charge in [-0.1, -0.05) is 39.1 Å². The average molecular weight is 459 g/mol. The highest BCUT2D eigenvalue weighted by atomic mass is 79.9. The van der Waals surface area contributed by atoms with Crippen LogP contribution in [0.3, 0.4) is 0 Å². The molecule has 2 aromatic rings. The maximum atomic E-state index is 12.0. The summed E-state index contributed by atoms with van der Waals surface area (Å²) < 4.78 is 6.05. The lowest BCUT2D eigenvalue weighted by Crippen LogP contribution is -2.34. The quantitative estimate of drug-likeness (QED) is 0.512. The van der Waals surface area contributed by atoms with Crippen LogP contribution in [-0.2, 0) is 4.79 Å². The van der Waals surface area contributed by atoms with Gasteiger partial charge in [-0.15, -0.1) is 0 Å². The zero-order valence-electron chi connectivity index (χ0n) is 13.6. The van der Waals surface area contributed by atoms with Gasteiger partial charge in [0.1, 0.15) is 5.75 Å². The van der Waals surface area contributed by atoms with Gasteiger partial charge in [-0.05, 0) is 36.4 Å². The number of nitrogens with one attached hydrogen (secondary N) is 2. The molecule has 2 aromatic carbocycles. The molecular formula is C17H14BrCl2N3O3. The number of hydrazone groups is 1. The molecule has 0 aliphatic carbocycles. The molecule has 0 atom stereocenters. The van der Waals surface area contributed by atoms with Gasteiger partial charge in [0, 0.05) is 15.6 Å². The first kappa shape index (κ1) is 20.2. The van der Waals surface area contributed by atoms with E-state index in [9.17, 15) is 9.59 Å². The summed E-state index contributed by atoms with van der Waals surface area (Å²) in [6.45, 7) is -0.244. The Balaban J connectivity index is 1.88. The second kappa shape index (κ2) is 9.56. The van der Waals surface area contributed by atoms with Crippen LogP contribution in [0.15, 0.2) is 46.0 Å². The van der Waals surface area contributed by atoms with Crippen LogP contribution in [0.1, 0.15) is 15.9 Å². The number of carbonyl (C=O) groups excluding carboxylic acids is 2. The predicted octanol–water partition coefficient (Wildman–Crippen LogP) is 3.64. The first-order valence-corrected chi connectivity index (χ1v) is 8.84. The van der Waals surface area contributed by atoms with Crippen molar-refractivity contribution in [3.05, 3.63) is 62.0 Å². The molecule has 0 spiro atoms. The average Bonchev–Trinajstić information content (AvgIpc) is 2.62. The summed E-state index contributed by atoms with van der Waals surface area (Å²) in [6, 6.07) is 9.83. The molecule has 0 heterocycles. The van der Waals surface area contributed by atoms with Crippen molar-refractivity contribution in [1.82, 2.24) is 10.7 Å². The zero-order valence-corrected chi connectivity index (χ0v) is 16.7. The second-order valence-corrected chi connectivity index (χ2v) is 6.72. The van der Waals surface area contributed by atoms with Crippen LogP contribution in [0, 0.1) is 0 Å². The van der Waals surface area contributed by atoms with Crippen molar-refractivity contribution in [3.8, 4) is 5.75 Å². The predicted molar refractivity (Wildman–Crippen MR) is 105 cm³/mol. The maximum Gasteiger partial charge on any atom is 0.259 e. The van der Waals surface area contributed by atoms with Crippen molar-refractivity contribution in [2.45, 2.75) is 0 Å². The summed E-state index contributed by atoms with van der Waals surface area (Å²) in [5.74, 6) is -0.320. The molecule has 0 unspecified atom stereocenters. The molecule has 2 rings (SSSR count). The molecule has 0 fully saturated rings. The number of rotatable bonds is 6. The van der Waals surface area contributed by atoms with Gasteiger partial charge in [0.15, 0.2) is 0 Å². The van der Waals surface area contributed by atoms with E-state index in [1.807, 2.05) is 6.07 Å². The van der Waals surface area contributed by atoms with E-state index in [0.29, 0.717) is 21.9 Å². The van der Waals surface area contributed by atoms with Crippen molar-refractivity contribution in [1.29, 1.82) is 0 Å². The Bertz CT molecular complexity index is 859. The molecule has 26 heavy (non-hydrogen) atoms.